The number of hydrogen-bond acceptors (Lipinski definition) is 4. The fourth-order valence-electron chi connectivity index (χ4n) is 0.557. The minimum Gasteiger partial charge on any atom is -0.395 e. The SMILES string of the molecule is COC(C)CNS(=O)(=O)C(C)CO. The molecule has 2 unspecified atom stereocenters. The molecule has 0 aromatic carbocycles. The van der Waals surface area contributed by atoms with Crippen LogP contribution in [0.5, 0.6) is 0 Å². The van der Waals surface area contributed by atoms with Gasteiger partial charge in [0.25, 0.3) is 0 Å². The molecule has 0 aliphatic rings. The predicted molar refractivity (Wildman–Crippen MR) is 49.9 cm³/mol. The minimum absolute atomic E-state index is 0.166. The average molecular weight is 211 g/mol. The monoisotopic (exact) mass is 211 g/mol. The molecule has 80 valence electrons. The first kappa shape index (κ1) is 12.8. The van der Waals surface area contributed by atoms with E-state index in [0.717, 1.165) is 0 Å². The van der Waals surface area contributed by atoms with Crippen molar-refractivity contribution in [3.63, 3.8) is 0 Å². The number of methoxy groups -OCH3 is 1. The van der Waals surface area contributed by atoms with Crippen LogP contribution in [0.25, 0.3) is 0 Å². The van der Waals surface area contributed by atoms with Gasteiger partial charge in [-0.3, -0.25) is 0 Å². The fourth-order valence-corrected chi connectivity index (χ4v) is 1.51. The van der Waals surface area contributed by atoms with Gasteiger partial charge in [-0.15, -0.1) is 0 Å². The van der Waals surface area contributed by atoms with Gasteiger partial charge in [0.2, 0.25) is 10.0 Å². The average Bonchev–Trinajstić information content (AvgIpc) is 2.12. The number of aliphatic hydroxyl groups excluding tert-OH is 1. The van der Waals surface area contributed by atoms with Crippen LogP contribution in [0.3, 0.4) is 0 Å². The summed E-state index contributed by atoms with van der Waals surface area (Å²) in [5, 5.41) is 7.86. The number of sulfonamides is 1. The van der Waals surface area contributed by atoms with E-state index in [-0.39, 0.29) is 19.3 Å². The third kappa shape index (κ3) is 4.56. The number of aliphatic hydroxyl groups is 1. The van der Waals surface area contributed by atoms with Crippen molar-refractivity contribution in [3.8, 4) is 0 Å². The Kier molecular flexibility index (Phi) is 5.46. The van der Waals surface area contributed by atoms with E-state index < -0.39 is 15.3 Å². The van der Waals surface area contributed by atoms with E-state index in [1.807, 2.05) is 0 Å². The molecule has 0 bridgehead atoms. The van der Waals surface area contributed by atoms with Gasteiger partial charge in [-0.2, -0.15) is 0 Å². The Morgan fingerprint density at radius 2 is 2.00 bits per heavy atom. The van der Waals surface area contributed by atoms with E-state index in [0.29, 0.717) is 0 Å². The molecule has 0 radical (unpaired) electrons. The second-order valence-corrected chi connectivity index (χ2v) is 5.12. The first-order valence-electron chi connectivity index (χ1n) is 4.06. The van der Waals surface area contributed by atoms with Gasteiger partial charge < -0.3 is 9.84 Å². The van der Waals surface area contributed by atoms with Gasteiger partial charge in [-0.25, -0.2) is 13.1 Å². The second kappa shape index (κ2) is 5.54. The van der Waals surface area contributed by atoms with Crippen molar-refractivity contribution >= 4 is 10.0 Å². The molecule has 0 aromatic heterocycles. The zero-order chi connectivity index (χ0) is 10.5. The largest absolute Gasteiger partial charge is 0.395 e. The van der Waals surface area contributed by atoms with Crippen molar-refractivity contribution in [2.75, 3.05) is 20.3 Å². The summed E-state index contributed by atoms with van der Waals surface area (Å²) >= 11 is 0. The Labute approximate surface area is 79.1 Å². The molecule has 2 N–H and O–H groups in total. The topological polar surface area (TPSA) is 75.6 Å². The van der Waals surface area contributed by atoms with Crippen LogP contribution < -0.4 is 4.72 Å². The third-order valence-electron chi connectivity index (χ3n) is 1.76. The summed E-state index contributed by atoms with van der Waals surface area (Å²) in [5.41, 5.74) is 0. The van der Waals surface area contributed by atoms with Crippen molar-refractivity contribution in [2.45, 2.75) is 25.2 Å². The van der Waals surface area contributed by atoms with Crippen molar-refractivity contribution < 1.29 is 18.3 Å². The lowest BCUT2D eigenvalue weighted by molar-refractivity contribution is 0.122. The van der Waals surface area contributed by atoms with Gasteiger partial charge in [-0.05, 0) is 13.8 Å². The Balaban J connectivity index is 4.04. The van der Waals surface area contributed by atoms with Crippen LogP contribution in [-0.4, -0.2) is 45.1 Å². The zero-order valence-corrected chi connectivity index (χ0v) is 8.97. The molecule has 0 amide bonds. The van der Waals surface area contributed by atoms with Gasteiger partial charge >= 0.3 is 0 Å². The predicted octanol–water partition coefficient (Wildman–Crippen LogP) is -0.678. The standard InChI is InChI=1S/C7H17NO4S/c1-6(12-3)4-8-13(10,11)7(2)5-9/h6-9H,4-5H2,1-3H3. The van der Waals surface area contributed by atoms with E-state index >= 15 is 0 Å². The van der Waals surface area contributed by atoms with Gasteiger partial charge in [0, 0.05) is 13.7 Å². The molecule has 0 aliphatic carbocycles. The maximum absolute atomic E-state index is 11.3. The Morgan fingerprint density at radius 1 is 1.46 bits per heavy atom. The smallest absolute Gasteiger partial charge is 0.216 e. The normalized spacial score (nSPS) is 16.9. The second-order valence-electron chi connectivity index (χ2n) is 2.93. The van der Waals surface area contributed by atoms with Gasteiger partial charge in [0.05, 0.1) is 18.0 Å². The quantitative estimate of drug-likeness (QED) is 0.610. The summed E-state index contributed by atoms with van der Waals surface area (Å²) in [6.45, 7) is 3.05. The molecular formula is C7H17NO4S. The van der Waals surface area contributed by atoms with Crippen molar-refractivity contribution in [3.05, 3.63) is 0 Å². The van der Waals surface area contributed by atoms with E-state index in [4.69, 9.17) is 9.84 Å². The molecule has 0 saturated carbocycles. The summed E-state index contributed by atoms with van der Waals surface area (Å²) in [4.78, 5) is 0. The number of nitrogens with one attached hydrogen (secondary N) is 1. The van der Waals surface area contributed by atoms with Crippen LogP contribution in [0, 0.1) is 0 Å². The van der Waals surface area contributed by atoms with E-state index in [2.05, 4.69) is 4.72 Å². The highest BCUT2D eigenvalue weighted by Gasteiger charge is 2.19. The summed E-state index contributed by atoms with van der Waals surface area (Å²) < 4.78 is 29.7. The Hall–Kier alpha value is -0.170. The number of ether oxygens (including phenoxy) is 1. The summed E-state index contributed by atoms with van der Waals surface area (Å²) in [5.74, 6) is 0. The zero-order valence-electron chi connectivity index (χ0n) is 8.15. The highest BCUT2D eigenvalue weighted by Crippen LogP contribution is 1.97. The summed E-state index contributed by atoms with van der Waals surface area (Å²) in [7, 11) is -1.89. The summed E-state index contributed by atoms with van der Waals surface area (Å²) in [6, 6.07) is 0. The molecule has 0 fully saturated rings. The van der Waals surface area contributed by atoms with E-state index in [1.54, 1.807) is 6.92 Å². The highest BCUT2D eigenvalue weighted by atomic mass is 32.2. The number of hydrogen-bond donors (Lipinski definition) is 2. The molecule has 0 heterocycles. The van der Waals surface area contributed by atoms with Crippen LogP contribution in [0.2, 0.25) is 0 Å². The van der Waals surface area contributed by atoms with Gasteiger partial charge in [-0.1, -0.05) is 0 Å². The Bertz CT molecular complexity index is 227. The van der Waals surface area contributed by atoms with Crippen LogP contribution in [0.1, 0.15) is 13.8 Å². The lowest BCUT2D eigenvalue weighted by Crippen LogP contribution is -2.38. The van der Waals surface area contributed by atoms with Crippen LogP contribution in [0.4, 0.5) is 0 Å². The van der Waals surface area contributed by atoms with Gasteiger partial charge in [0.15, 0.2) is 0 Å². The third-order valence-corrected chi connectivity index (χ3v) is 3.54. The molecule has 13 heavy (non-hydrogen) atoms. The molecule has 0 rings (SSSR count). The van der Waals surface area contributed by atoms with Gasteiger partial charge in [0.1, 0.15) is 0 Å². The molecule has 0 aliphatic heterocycles. The fraction of sp³-hybridized carbons (Fsp3) is 1.00. The van der Waals surface area contributed by atoms with Crippen molar-refractivity contribution in [1.82, 2.24) is 4.72 Å². The minimum atomic E-state index is -3.40. The molecule has 0 aromatic rings. The molecule has 0 spiro atoms. The van der Waals surface area contributed by atoms with Crippen molar-refractivity contribution in [1.29, 1.82) is 0 Å². The molecule has 5 nitrogen and oxygen atoms in total. The highest BCUT2D eigenvalue weighted by molar-refractivity contribution is 7.90. The summed E-state index contributed by atoms with van der Waals surface area (Å²) in [6.07, 6.45) is -0.166. The Morgan fingerprint density at radius 3 is 2.38 bits per heavy atom. The van der Waals surface area contributed by atoms with E-state index in [1.165, 1.54) is 14.0 Å². The molecular weight excluding hydrogens is 194 g/mol. The molecule has 6 heteroatoms. The molecule has 2 atom stereocenters. The van der Waals surface area contributed by atoms with E-state index in [9.17, 15) is 8.42 Å². The maximum atomic E-state index is 11.3. The van der Waals surface area contributed by atoms with Crippen molar-refractivity contribution in [2.24, 2.45) is 0 Å². The van der Waals surface area contributed by atoms with Crippen LogP contribution >= 0.6 is 0 Å². The maximum Gasteiger partial charge on any atom is 0.216 e. The van der Waals surface area contributed by atoms with Crippen LogP contribution in [-0.2, 0) is 14.8 Å². The lowest BCUT2D eigenvalue weighted by atomic mass is 10.4. The van der Waals surface area contributed by atoms with Crippen LogP contribution in [0.15, 0.2) is 0 Å². The lowest BCUT2D eigenvalue weighted by Gasteiger charge is -2.14. The molecule has 0 saturated heterocycles. The first-order chi connectivity index (χ1) is 5.94. The number of rotatable bonds is 6. The first-order valence-corrected chi connectivity index (χ1v) is 5.60.